The summed E-state index contributed by atoms with van der Waals surface area (Å²) in [6.07, 6.45) is 1.49. The minimum atomic E-state index is -1.10. The average molecular weight is 933 g/mol. The largest absolute Gasteiger partial charge is 0.493 e. The molecular formula is C55H52N2O12. The van der Waals surface area contributed by atoms with Crippen molar-refractivity contribution in [1.29, 1.82) is 0 Å². The molecule has 0 radical (unpaired) electrons. The molecular weight excluding hydrogens is 881 g/mol. The Hall–Kier alpha value is -8.52. The zero-order chi connectivity index (χ0) is 48.8. The molecule has 0 aliphatic heterocycles. The highest BCUT2D eigenvalue weighted by atomic mass is 16.6. The third-order valence-corrected chi connectivity index (χ3v) is 10.5. The van der Waals surface area contributed by atoms with Gasteiger partial charge in [-0.05, 0) is 70.1 Å². The van der Waals surface area contributed by atoms with Gasteiger partial charge in [0, 0.05) is 19.3 Å². The van der Waals surface area contributed by atoms with Crippen LogP contribution in [0.4, 0.5) is 9.59 Å². The minimum Gasteiger partial charge on any atom is -0.493 e. The first-order chi connectivity index (χ1) is 33.5. The zero-order valence-electron chi connectivity index (χ0n) is 38.2. The SMILES string of the molecule is COc1cc(/C=C/C(=O)CC(=O)CCc2ccc(OC(=O)[C@H](Cc3ccccc3)NC(=O)OCc3ccccc3)c(OC)c2)ccc1OC(=O)[C@H](Cc1ccccc1)NC(=O)OCc1ccccc1. The van der Waals surface area contributed by atoms with E-state index in [1.54, 1.807) is 30.3 Å². The van der Waals surface area contributed by atoms with Gasteiger partial charge in [-0.2, -0.15) is 0 Å². The number of hydrogen-bond donors (Lipinski definition) is 2. The van der Waals surface area contributed by atoms with Gasteiger partial charge in [0.1, 0.15) is 31.1 Å². The number of esters is 2. The number of nitrogens with one attached hydrogen (secondary N) is 2. The number of ketones is 2. The molecule has 0 unspecified atom stereocenters. The van der Waals surface area contributed by atoms with Crippen LogP contribution in [0.15, 0.2) is 164 Å². The molecule has 0 fully saturated rings. The molecule has 6 rings (SSSR count). The Labute approximate surface area is 400 Å². The number of carbonyl (C=O) groups excluding carboxylic acids is 6. The molecule has 0 spiro atoms. The van der Waals surface area contributed by atoms with E-state index in [2.05, 4.69) is 10.6 Å². The number of allylic oxidation sites excluding steroid dienone is 1. The molecule has 6 aromatic rings. The molecule has 2 N–H and O–H groups in total. The van der Waals surface area contributed by atoms with Gasteiger partial charge in [-0.15, -0.1) is 0 Å². The third-order valence-electron chi connectivity index (χ3n) is 10.5. The van der Waals surface area contributed by atoms with Gasteiger partial charge in [0.2, 0.25) is 0 Å². The first kappa shape index (κ1) is 49.9. The number of Topliss-reactive ketones (excluding diaryl/α,β-unsaturated/α-hetero) is 1. The highest BCUT2D eigenvalue weighted by Gasteiger charge is 2.27. The van der Waals surface area contributed by atoms with Crippen molar-refractivity contribution < 1.29 is 57.2 Å². The van der Waals surface area contributed by atoms with E-state index in [9.17, 15) is 28.8 Å². The highest BCUT2D eigenvalue weighted by Crippen LogP contribution is 2.31. The smallest absolute Gasteiger partial charge is 0.408 e. The van der Waals surface area contributed by atoms with E-state index in [4.69, 9.17) is 28.4 Å². The van der Waals surface area contributed by atoms with Crippen molar-refractivity contribution in [2.75, 3.05) is 14.2 Å². The van der Waals surface area contributed by atoms with Gasteiger partial charge in [0.25, 0.3) is 0 Å². The predicted molar refractivity (Wildman–Crippen MR) is 257 cm³/mol. The number of amides is 2. The summed E-state index contributed by atoms with van der Waals surface area (Å²) in [7, 11) is 2.81. The van der Waals surface area contributed by atoms with Crippen LogP contribution in [-0.4, -0.2) is 62.0 Å². The van der Waals surface area contributed by atoms with Gasteiger partial charge in [0.15, 0.2) is 28.8 Å². The lowest BCUT2D eigenvalue weighted by molar-refractivity contribution is -0.137. The van der Waals surface area contributed by atoms with Crippen molar-refractivity contribution in [3.63, 3.8) is 0 Å². The molecule has 0 aliphatic carbocycles. The molecule has 0 aliphatic rings. The summed E-state index contributed by atoms with van der Waals surface area (Å²) in [6.45, 7) is 0.0334. The van der Waals surface area contributed by atoms with Crippen molar-refractivity contribution >= 4 is 41.8 Å². The molecule has 2 atom stereocenters. The Kier molecular flexibility index (Phi) is 18.8. The number of ether oxygens (including phenoxy) is 6. The number of benzene rings is 6. The van der Waals surface area contributed by atoms with Gasteiger partial charge in [-0.1, -0.05) is 140 Å². The second kappa shape index (κ2) is 26.0. The first-order valence-electron chi connectivity index (χ1n) is 22.1. The number of rotatable bonds is 23. The quantitative estimate of drug-likeness (QED) is 0.0270. The lowest BCUT2D eigenvalue weighted by Gasteiger charge is -2.19. The van der Waals surface area contributed by atoms with Gasteiger partial charge in [-0.25, -0.2) is 19.2 Å². The molecule has 14 heteroatoms. The molecule has 354 valence electrons. The number of aryl methyl sites for hydroxylation is 1. The fourth-order valence-electron chi connectivity index (χ4n) is 6.90. The van der Waals surface area contributed by atoms with E-state index in [0.29, 0.717) is 11.1 Å². The summed E-state index contributed by atoms with van der Waals surface area (Å²) < 4.78 is 33.2. The minimum absolute atomic E-state index is 0.0151. The summed E-state index contributed by atoms with van der Waals surface area (Å²) >= 11 is 0. The van der Waals surface area contributed by atoms with Crippen molar-refractivity contribution in [3.8, 4) is 23.0 Å². The van der Waals surface area contributed by atoms with E-state index in [-0.39, 0.29) is 74.1 Å². The van der Waals surface area contributed by atoms with Crippen LogP contribution in [0.3, 0.4) is 0 Å². The van der Waals surface area contributed by atoms with Crippen LogP contribution in [0.5, 0.6) is 23.0 Å². The number of carbonyl (C=O) groups is 6. The van der Waals surface area contributed by atoms with Crippen LogP contribution in [0.2, 0.25) is 0 Å². The second-order valence-electron chi connectivity index (χ2n) is 15.6. The van der Waals surface area contributed by atoms with Crippen molar-refractivity contribution in [3.05, 3.63) is 197 Å². The van der Waals surface area contributed by atoms with Crippen LogP contribution in [0.25, 0.3) is 6.08 Å². The third kappa shape index (κ3) is 16.4. The van der Waals surface area contributed by atoms with Crippen LogP contribution in [-0.2, 0) is 61.1 Å². The maximum atomic E-state index is 13.5. The highest BCUT2D eigenvalue weighted by molar-refractivity contribution is 6.06. The normalized spacial score (nSPS) is 11.6. The molecule has 0 aromatic heterocycles. The zero-order valence-corrected chi connectivity index (χ0v) is 38.2. The van der Waals surface area contributed by atoms with Crippen molar-refractivity contribution in [2.24, 2.45) is 0 Å². The predicted octanol–water partition coefficient (Wildman–Crippen LogP) is 8.76. The molecule has 0 bridgehead atoms. The molecule has 6 aromatic carbocycles. The van der Waals surface area contributed by atoms with Crippen molar-refractivity contribution in [2.45, 2.75) is 57.4 Å². The summed E-state index contributed by atoms with van der Waals surface area (Å²) in [5, 5.41) is 5.24. The number of methoxy groups -OCH3 is 2. The second-order valence-corrected chi connectivity index (χ2v) is 15.6. The fraction of sp³-hybridized carbons (Fsp3) is 0.200. The Morgan fingerprint density at radius 2 is 0.928 bits per heavy atom. The van der Waals surface area contributed by atoms with E-state index in [0.717, 1.165) is 22.3 Å². The summed E-state index contributed by atoms with van der Waals surface area (Å²) in [5.41, 5.74) is 4.38. The van der Waals surface area contributed by atoms with Crippen LogP contribution >= 0.6 is 0 Å². The van der Waals surface area contributed by atoms with Gasteiger partial charge in [0.05, 0.1) is 20.6 Å². The van der Waals surface area contributed by atoms with Gasteiger partial charge in [-0.3, -0.25) is 9.59 Å². The van der Waals surface area contributed by atoms with Crippen molar-refractivity contribution in [1.82, 2.24) is 10.6 Å². The van der Waals surface area contributed by atoms with Crippen LogP contribution in [0, 0.1) is 0 Å². The number of alkyl carbamates (subject to hydrolysis) is 2. The average Bonchev–Trinajstić information content (AvgIpc) is 3.37. The molecule has 0 saturated heterocycles. The first-order valence-corrected chi connectivity index (χ1v) is 22.1. The number of hydrogen-bond acceptors (Lipinski definition) is 12. The Morgan fingerprint density at radius 1 is 0.493 bits per heavy atom. The molecule has 69 heavy (non-hydrogen) atoms. The summed E-state index contributed by atoms with van der Waals surface area (Å²) in [4.78, 5) is 78.4. The topological polar surface area (TPSA) is 182 Å². The van der Waals surface area contributed by atoms with Gasteiger partial charge < -0.3 is 39.1 Å². The molecule has 0 heterocycles. The monoisotopic (exact) mass is 932 g/mol. The molecule has 14 nitrogen and oxygen atoms in total. The van der Waals surface area contributed by atoms with E-state index < -0.39 is 42.0 Å². The Morgan fingerprint density at radius 3 is 1.39 bits per heavy atom. The Bertz CT molecular complexity index is 2690. The fourth-order valence-corrected chi connectivity index (χ4v) is 6.90. The van der Waals surface area contributed by atoms with Crippen LogP contribution in [0.1, 0.15) is 46.2 Å². The summed E-state index contributed by atoms with van der Waals surface area (Å²) in [5.74, 6) is -1.59. The van der Waals surface area contributed by atoms with Crippen LogP contribution < -0.4 is 29.6 Å². The lowest BCUT2D eigenvalue weighted by Crippen LogP contribution is -2.44. The van der Waals surface area contributed by atoms with E-state index in [1.807, 2.05) is 121 Å². The molecule has 0 saturated carbocycles. The molecule has 2 amide bonds. The van der Waals surface area contributed by atoms with E-state index in [1.165, 1.54) is 32.4 Å². The lowest BCUT2D eigenvalue weighted by atomic mass is 10.0. The maximum absolute atomic E-state index is 13.5. The van der Waals surface area contributed by atoms with E-state index >= 15 is 0 Å². The summed E-state index contributed by atoms with van der Waals surface area (Å²) in [6, 6.07) is 43.9. The van der Waals surface area contributed by atoms with Gasteiger partial charge >= 0.3 is 24.1 Å². The Balaban J connectivity index is 1.00. The maximum Gasteiger partial charge on any atom is 0.408 e. The standard InChI is InChI=1S/C55H52N2O12/c1-64-50-33-40(25-29-48(50)68-52(60)46(31-38-15-7-3-8-16-38)56-54(62)66-36-42-19-11-5-12-20-42)23-27-44(58)35-45(59)28-24-41-26-30-49(51(34-41)65-2)69-53(61)47(32-39-17-9-4-10-18-39)57-55(63)67-37-43-21-13-6-14-22-43/h3-23,25-27,29-30,33-34,46-47H,24,28,31-32,35-37H2,1-2H3,(H,56,62)(H,57,63)/b27-23+/t46-,47-/m0/s1.